The number of carbonyl (C=O) groups is 2. The Labute approximate surface area is 139 Å². The zero-order valence-electron chi connectivity index (χ0n) is 13.8. The number of esters is 1. The van der Waals surface area contributed by atoms with Crippen LogP contribution in [0.3, 0.4) is 0 Å². The number of aryl methyl sites for hydroxylation is 1. The lowest BCUT2D eigenvalue weighted by molar-refractivity contribution is -0.111. The van der Waals surface area contributed by atoms with Gasteiger partial charge in [-0.3, -0.25) is 9.48 Å². The molecule has 0 radical (unpaired) electrons. The summed E-state index contributed by atoms with van der Waals surface area (Å²) in [5.74, 6) is 0.128. The molecule has 0 aliphatic heterocycles. The molecule has 7 heteroatoms. The van der Waals surface area contributed by atoms with Crippen molar-refractivity contribution in [3.8, 4) is 5.75 Å². The molecule has 2 aromatic rings. The number of anilines is 1. The Morgan fingerprint density at radius 1 is 1.29 bits per heavy atom. The molecular weight excluding hydrogens is 310 g/mol. The van der Waals surface area contributed by atoms with Crippen LogP contribution in [0.1, 0.15) is 22.8 Å². The molecule has 24 heavy (non-hydrogen) atoms. The zero-order valence-corrected chi connectivity index (χ0v) is 13.8. The number of rotatable bonds is 6. The van der Waals surface area contributed by atoms with Gasteiger partial charge in [0.25, 0.3) is 0 Å². The molecule has 0 saturated carbocycles. The molecule has 1 N–H and O–H groups in total. The van der Waals surface area contributed by atoms with Crippen molar-refractivity contribution in [2.75, 3.05) is 19.0 Å². The van der Waals surface area contributed by atoms with Gasteiger partial charge in [0, 0.05) is 13.1 Å². The number of methoxy groups -OCH3 is 1. The van der Waals surface area contributed by atoms with E-state index in [1.165, 1.54) is 17.0 Å². The van der Waals surface area contributed by atoms with Crippen molar-refractivity contribution in [2.45, 2.75) is 6.92 Å². The lowest BCUT2D eigenvalue weighted by Gasteiger charge is -2.06. The molecule has 126 valence electrons. The van der Waals surface area contributed by atoms with Crippen LogP contribution in [0.2, 0.25) is 0 Å². The fraction of sp³-hybridized carbons (Fsp3) is 0.235. The normalized spacial score (nSPS) is 10.6. The fourth-order valence-electron chi connectivity index (χ4n) is 1.99. The highest BCUT2D eigenvalue weighted by Crippen LogP contribution is 2.16. The van der Waals surface area contributed by atoms with Crippen LogP contribution >= 0.6 is 0 Å². The Kier molecular flexibility index (Phi) is 5.73. The molecule has 1 heterocycles. The summed E-state index contributed by atoms with van der Waals surface area (Å²) in [6.07, 6.45) is 4.40. The summed E-state index contributed by atoms with van der Waals surface area (Å²) < 4.78 is 11.4. The topological polar surface area (TPSA) is 82.5 Å². The Balaban J connectivity index is 2.08. The molecule has 0 bridgehead atoms. The van der Waals surface area contributed by atoms with Gasteiger partial charge in [-0.1, -0.05) is 12.1 Å². The number of benzene rings is 1. The molecule has 1 aromatic heterocycles. The standard InChI is InChI=1S/C17H19N3O4/c1-4-24-17(22)14-11-18-20(2)16(14)19-15(21)10-7-12-5-8-13(23-3)9-6-12/h5-11H,4H2,1-3H3,(H,19,21)/b10-7+. The number of hydrogen-bond acceptors (Lipinski definition) is 5. The molecule has 2 rings (SSSR count). The lowest BCUT2D eigenvalue weighted by Crippen LogP contribution is -2.15. The van der Waals surface area contributed by atoms with Crippen LogP contribution < -0.4 is 10.1 Å². The molecule has 7 nitrogen and oxygen atoms in total. The minimum Gasteiger partial charge on any atom is -0.497 e. The summed E-state index contributed by atoms with van der Waals surface area (Å²) in [4.78, 5) is 23.9. The fourth-order valence-corrected chi connectivity index (χ4v) is 1.99. The summed E-state index contributed by atoms with van der Waals surface area (Å²) in [5, 5.41) is 6.61. The number of aromatic nitrogens is 2. The van der Waals surface area contributed by atoms with Gasteiger partial charge in [-0.15, -0.1) is 0 Å². The van der Waals surface area contributed by atoms with Crippen LogP contribution in [0.4, 0.5) is 5.82 Å². The average Bonchev–Trinajstić information content (AvgIpc) is 2.94. The van der Waals surface area contributed by atoms with E-state index in [2.05, 4.69) is 10.4 Å². The van der Waals surface area contributed by atoms with Gasteiger partial charge in [0.05, 0.1) is 19.9 Å². The SMILES string of the molecule is CCOC(=O)c1cnn(C)c1NC(=O)/C=C/c1ccc(OC)cc1. The van der Waals surface area contributed by atoms with Crippen molar-refractivity contribution >= 4 is 23.8 Å². The maximum absolute atomic E-state index is 12.1. The van der Waals surface area contributed by atoms with E-state index in [0.29, 0.717) is 0 Å². The summed E-state index contributed by atoms with van der Waals surface area (Å²) in [6.45, 7) is 1.96. The van der Waals surface area contributed by atoms with E-state index < -0.39 is 5.97 Å². The zero-order chi connectivity index (χ0) is 17.5. The number of nitrogens with zero attached hydrogens (tertiary/aromatic N) is 2. The molecule has 1 amide bonds. The quantitative estimate of drug-likeness (QED) is 0.649. The van der Waals surface area contributed by atoms with Gasteiger partial charge in [-0.2, -0.15) is 5.10 Å². The van der Waals surface area contributed by atoms with E-state index in [-0.39, 0.29) is 23.9 Å². The molecular formula is C17H19N3O4. The first-order valence-corrected chi connectivity index (χ1v) is 7.37. The van der Waals surface area contributed by atoms with Crippen LogP contribution in [-0.2, 0) is 16.6 Å². The van der Waals surface area contributed by atoms with Crippen LogP contribution in [0, 0.1) is 0 Å². The van der Waals surface area contributed by atoms with Crippen LogP contribution in [0.15, 0.2) is 36.5 Å². The third-order valence-electron chi connectivity index (χ3n) is 3.22. The maximum Gasteiger partial charge on any atom is 0.343 e. The van der Waals surface area contributed by atoms with Gasteiger partial charge in [0.2, 0.25) is 5.91 Å². The highest BCUT2D eigenvalue weighted by molar-refractivity contribution is 6.05. The highest BCUT2D eigenvalue weighted by atomic mass is 16.5. The number of amides is 1. The number of carbonyl (C=O) groups excluding carboxylic acids is 2. The van der Waals surface area contributed by atoms with E-state index in [9.17, 15) is 9.59 Å². The Hall–Kier alpha value is -3.09. The molecule has 0 fully saturated rings. The predicted molar refractivity (Wildman–Crippen MR) is 89.8 cm³/mol. The van der Waals surface area contributed by atoms with Gasteiger partial charge in [0.15, 0.2) is 0 Å². The molecule has 1 aromatic carbocycles. The Bertz CT molecular complexity index is 748. The highest BCUT2D eigenvalue weighted by Gasteiger charge is 2.18. The van der Waals surface area contributed by atoms with E-state index in [1.54, 1.807) is 39.3 Å². The van der Waals surface area contributed by atoms with E-state index >= 15 is 0 Å². The summed E-state index contributed by atoms with van der Waals surface area (Å²) in [6, 6.07) is 7.27. The Morgan fingerprint density at radius 3 is 2.62 bits per heavy atom. The largest absolute Gasteiger partial charge is 0.497 e. The van der Waals surface area contributed by atoms with E-state index in [1.807, 2.05) is 12.1 Å². The minimum atomic E-state index is -0.528. The third-order valence-corrected chi connectivity index (χ3v) is 3.22. The predicted octanol–water partition coefficient (Wildman–Crippen LogP) is 2.26. The van der Waals surface area contributed by atoms with Crippen molar-refractivity contribution < 1.29 is 19.1 Å². The van der Waals surface area contributed by atoms with Gasteiger partial charge in [-0.25, -0.2) is 4.79 Å². The van der Waals surface area contributed by atoms with Crippen molar-refractivity contribution in [3.63, 3.8) is 0 Å². The Morgan fingerprint density at radius 2 is 2.00 bits per heavy atom. The number of nitrogens with one attached hydrogen (secondary N) is 1. The second kappa shape index (κ2) is 7.96. The molecule has 0 spiro atoms. The van der Waals surface area contributed by atoms with Crippen molar-refractivity contribution in [2.24, 2.45) is 7.05 Å². The molecule has 0 aliphatic rings. The second-order valence-corrected chi connectivity index (χ2v) is 4.85. The van der Waals surface area contributed by atoms with Crippen LogP contribution in [0.5, 0.6) is 5.75 Å². The lowest BCUT2D eigenvalue weighted by atomic mass is 10.2. The first-order chi connectivity index (χ1) is 11.5. The smallest absolute Gasteiger partial charge is 0.343 e. The number of hydrogen-bond donors (Lipinski definition) is 1. The summed E-state index contributed by atoms with van der Waals surface area (Å²) in [5.41, 5.74) is 1.06. The van der Waals surface area contributed by atoms with Gasteiger partial charge in [0.1, 0.15) is 17.1 Å². The summed E-state index contributed by atoms with van der Waals surface area (Å²) >= 11 is 0. The first kappa shape index (κ1) is 17.3. The third kappa shape index (κ3) is 4.22. The monoisotopic (exact) mass is 329 g/mol. The average molecular weight is 329 g/mol. The maximum atomic E-state index is 12.1. The van der Waals surface area contributed by atoms with Crippen molar-refractivity contribution in [3.05, 3.63) is 47.7 Å². The molecule has 0 atom stereocenters. The summed E-state index contributed by atoms with van der Waals surface area (Å²) in [7, 11) is 3.22. The van der Waals surface area contributed by atoms with Gasteiger partial charge in [-0.05, 0) is 30.7 Å². The second-order valence-electron chi connectivity index (χ2n) is 4.85. The van der Waals surface area contributed by atoms with Crippen LogP contribution in [0.25, 0.3) is 6.08 Å². The first-order valence-electron chi connectivity index (χ1n) is 7.37. The van der Waals surface area contributed by atoms with E-state index in [0.717, 1.165) is 11.3 Å². The molecule has 0 saturated heterocycles. The van der Waals surface area contributed by atoms with Crippen molar-refractivity contribution in [1.29, 1.82) is 0 Å². The van der Waals surface area contributed by atoms with Gasteiger partial charge < -0.3 is 14.8 Å². The molecule has 0 unspecified atom stereocenters. The minimum absolute atomic E-state index is 0.213. The van der Waals surface area contributed by atoms with Gasteiger partial charge >= 0.3 is 5.97 Å². The van der Waals surface area contributed by atoms with Crippen LogP contribution in [-0.4, -0.2) is 35.4 Å². The molecule has 0 aliphatic carbocycles. The van der Waals surface area contributed by atoms with Crippen molar-refractivity contribution in [1.82, 2.24) is 9.78 Å². The number of ether oxygens (including phenoxy) is 2. The van der Waals surface area contributed by atoms with E-state index in [4.69, 9.17) is 9.47 Å².